The second-order valence-electron chi connectivity index (χ2n) is 8.01. The number of benzene rings is 1. The largest absolute Gasteiger partial charge is 0.341 e. The molecule has 0 unspecified atom stereocenters. The van der Waals surface area contributed by atoms with Crippen molar-refractivity contribution in [1.29, 1.82) is 0 Å². The highest BCUT2D eigenvalue weighted by Gasteiger charge is 2.33. The predicted octanol–water partition coefficient (Wildman–Crippen LogP) is 4.19. The van der Waals surface area contributed by atoms with E-state index in [4.69, 9.17) is 23.2 Å². The fourth-order valence-electron chi connectivity index (χ4n) is 3.80. The summed E-state index contributed by atoms with van der Waals surface area (Å²) in [7, 11) is 0. The molecule has 0 radical (unpaired) electrons. The monoisotopic (exact) mass is 473 g/mol. The molecule has 2 heterocycles. The molecule has 2 aliphatic heterocycles. The van der Waals surface area contributed by atoms with Crippen LogP contribution in [0.15, 0.2) is 24.3 Å². The number of carbonyl (C=O) groups excluding carboxylic acids is 2. The molecule has 1 aromatic rings. The molecule has 2 aliphatic rings. The Hall–Kier alpha value is -1.70. The van der Waals surface area contributed by atoms with Gasteiger partial charge in [0.25, 0.3) is 5.92 Å². The molecule has 0 aliphatic carbocycles. The van der Waals surface area contributed by atoms with Crippen molar-refractivity contribution < 1.29 is 18.4 Å². The van der Waals surface area contributed by atoms with Crippen LogP contribution in [0.4, 0.5) is 8.78 Å². The van der Waals surface area contributed by atoms with Crippen LogP contribution in [-0.2, 0) is 9.59 Å². The fourth-order valence-corrected chi connectivity index (χ4v) is 4.11. The van der Waals surface area contributed by atoms with Gasteiger partial charge < -0.3 is 14.7 Å². The zero-order valence-corrected chi connectivity index (χ0v) is 18.8. The van der Waals surface area contributed by atoms with Crippen LogP contribution < -0.4 is 0 Å². The average molecular weight is 474 g/mol. The van der Waals surface area contributed by atoms with Crippen molar-refractivity contribution in [2.24, 2.45) is 0 Å². The smallest absolute Gasteiger partial charge is 0.250 e. The number of hydrogen-bond donors (Lipinski definition) is 0. The van der Waals surface area contributed by atoms with E-state index in [1.807, 2.05) is 4.90 Å². The molecule has 2 amide bonds. The summed E-state index contributed by atoms with van der Waals surface area (Å²) in [4.78, 5) is 30.4. The van der Waals surface area contributed by atoms with Crippen molar-refractivity contribution in [3.8, 4) is 0 Å². The minimum absolute atomic E-state index is 0.0222. The van der Waals surface area contributed by atoms with Crippen molar-refractivity contribution in [3.63, 3.8) is 0 Å². The highest BCUT2D eigenvalue weighted by atomic mass is 35.5. The molecular formula is C22H27Cl2F2N3O2. The van der Waals surface area contributed by atoms with Crippen LogP contribution >= 0.6 is 23.2 Å². The molecule has 170 valence electrons. The Kier molecular flexibility index (Phi) is 8.30. The van der Waals surface area contributed by atoms with E-state index in [1.165, 1.54) is 6.08 Å². The lowest BCUT2D eigenvalue weighted by Gasteiger charge is -2.32. The number of nitrogens with zero attached hydrogens (tertiary/aromatic N) is 3. The molecule has 1 aromatic carbocycles. The van der Waals surface area contributed by atoms with E-state index in [0.717, 1.165) is 12.0 Å². The summed E-state index contributed by atoms with van der Waals surface area (Å²) >= 11 is 11.9. The van der Waals surface area contributed by atoms with Gasteiger partial charge in [-0.1, -0.05) is 29.3 Å². The average Bonchev–Trinajstić information content (AvgIpc) is 2.92. The number of rotatable bonds is 6. The highest BCUT2D eigenvalue weighted by Crippen LogP contribution is 2.27. The van der Waals surface area contributed by atoms with Crippen molar-refractivity contribution in [2.45, 2.75) is 31.6 Å². The van der Waals surface area contributed by atoms with Crippen molar-refractivity contribution in [2.75, 3.05) is 45.8 Å². The number of amides is 2. The Morgan fingerprint density at radius 2 is 1.77 bits per heavy atom. The lowest BCUT2D eigenvalue weighted by Crippen LogP contribution is -2.41. The molecule has 0 bridgehead atoms. The maximum absolute atomic E-state index is 13.2. The second-order valence-corrected chi connectivity index (χ2v) is 8.83. The highest BCUT2D eigenvalue weighted by molar-refractivity contribution is 6.42. The predicted molar refractivity (Wildman–Crippen MR) is 119 cm³/mol. The number of hydrogen-bond acceptors (Lipinski definition) is 3. The molecule has 0 aromatic heterocycles. The van der Waals surface area contributed by atoms with Gasteiger partial charge in [0, 0.05) is 64.6 Å². The first-order chi connectivity index (χ1) is 14.7. The standard InChI is InChI=1S/C22H27Cl2F2N3O2/c23-18-4-2-17(16-19(18)24)3-5-20(30)29-11-6-21(31)28(14-15-29)10-1-9-27-12-7-22(25,26)8-13-27/h2-5,16H,1,6-15H2. The number of piperidine rings is 1. The van der Waals surface area contributed by atoms with Gasteiger partial charge in [-0.2, -0.15) is 0 Å². The van der Waals surface area contributed by atoms with Gasteiger partial charge >= 0.3 is 0 Å². The SMILES string of the molecule is O=C(C=Cc1ccc(Cl)c(Cl)c1)N1CCC(=O)N(CCCN2CCC(F)(F)CC2)CC1. The molecular weight excluding hydrogens is 447 g/mol. The summed E-state index contributed by atoms with van der Waals surface area (Å²) in [6, 6.07) is 5.13. The summed E-state index contributed by atoms with van der Waals surface area (Å²) in [6.07, 6.45) is 3.98. The Balaban J connectivity index is 1.44. The molecule has 0 saturated carbocycles. The van der Waals surface area contributed by atoms with Crippen molar-refractivity contribution in [1.82, 2.24) is 14.7 Å². The van der Waals surface area contributed by atoms with Gasteiger partial charge in [-0.15, -0.1) is 0 Å². The molecule has 0 N–H and O–H groups in total. The van der Waals surface area contributed by atoms with Crippen LogP contribution in [0, 0.1) is 0 Å². The summed E-state index contributed by atoms with van der Waals surface area (Å²) in [5.74, 6) is -2.68. The lowest BCUT2D eigenvalue weighted by molar-refractivity contribution is -0.130. The third-order valence-corrected chi connectivity index (χ3v) is 6.49. The Morgan fingerprint density at radius 3 is 2.48 bits per heavy atom. The Labute approximate surface area is 191 Å². The molecule has 0 spiro atoms. The molecule has 5 nitrogen and oxygen atoms in total. The second kappa shape index (κ2) is 10.7. The zero-order chi connectivity index (χ0) is 22.4. The third kappa shape index (κ3) is 7.16. The third-order valence-electron chi connectivity index (χ3n) is 5.75. The summed E-state index contributed by atoms with van der Waals surface area (Å²) in [6.45, 7) is 3.39. The van der Waals surface area contributed by atoms with Gasteiger partial charge in [0.15, 0.2) is 0 Å². The van der Waals surface area contributed by atoms with E-state index < -0.39 is 5.92 Å². The van der Waals surface area contributed by atoms with E-state index in [9.17, 15) is 18.4 Å². The van der Waals surface area contributed by atoms with E-state index in [1.54, 1.807) is 34.1 Å². The van der Waals surface area contributed by atoms with Crippen LogP contribution in [0.2, 0.25) is 10.0 Å². The molecule has 31 heavy (non-hydrogen) atoms. The fraction of sp³-hybridized carbons (Fsp3) is 0.545. The summed E-state index contributed by atoms with van der Waals surface area (Å²) in [5.41, 5.74) is 0.769. The van der Waals surface area contributed by atoms with Gasteiger partial charge in [-0.05, 0) is 36.7 Å². The lowest BCUT2D eigenvalue weighted by atomic mass is 10.1. The number of likely N-dealkylation sites (tertiary alicyclic amines) is 1. The Bertz CT molecular complexity index is 825. The maximum atomic E-state index is 13.2. The quantitative estimate of drug-likeness (QED) is 0.581. The van der Waals surface area contributed by atoms with E-state index in [0.29, 0.717) is 55.9 Å². The van der Waals surface area contributed by atoms with Gasteiger partial charge in [0.05, 0.1) is 10.0 Å². The first-order valence-electron chi connectivity index (χ1n) is 10.5. The van der Waals surface area contributed by atoms with Crippen LogP contribution in [0.1, 0.15) is 31.2 Å². The normalized spacial score (nSPS) is 20.3. The number of alkyl halides is 2. The topological polar surface area (TPSA) is 43.9 Å². The Morgan fingerprint density at radius 1 is 1.03 bits per heavy atom. The van der Waals surface area contributed by atoms with Gasteiger partial charge in [0.1, 0.15) is 0 Å². The number of carbonyl (C=O) groups is 2. The molecule has 2 fully saturated rings. The number of halogens is 4. The van der Waals surface area contributed by atoms with Crippen molar-refractivity contribution in [3.05, 3.63) is 39.9 Å². The van der Waals surface area contributed by atoms with Crippen LogP contribution in [0.3, 0.4) is 0 Å². The first-order valence-corrected chi connectivity index (χ1v) is 11.3. The maximum Gasteiger partial charge on any atom is 0.250 e. The molecule has 9 heteroatoms. The van der Waals surface area contributed by atoms with Crippen LogP contribution in [0.5, 0.6) is 0 Å². The van der Waals surface area contributed by atoms with E-state index >= 15 is 0 Å². The molecule has 3 rings (SSSR count). The van der Waals surface area contributed by atoms with E-state index in [-0.39, 0.29) is 31.1 Å². The van der Waals surface area contributed by atoms with Crippen molar-refractivity contribution >= 4 is 41.1 Å². The molecule has 0 atom stereocenters. The summed E-state index contributed by atoms with van der Waals surface area (Å²) in [5, 5.41) is 0.875. The van der Waals surface area contributed by atoms with Gasteiger partial charge in [-0.3, -0.25) is 9.59 Å². The minimum atomic E-state index is -2.54. The first kappa shape index (κ1) is 24.0. The van der Waals surface area contributed by atoms with Crippen LogP contribution in [0.25, 0.3) is 6.08 Å². The molecule has 2 saturated heterocycles. The van der Waals surface area contributed by atoms with Gasteiger partial charge in [0.2, 0.25) is 11.8 Å². The van der Waals surface area contributed by atoms with Crippen LogP contribution in [-0.4, -0.2) is 78.2 Å². The van der Waals surface area contributed by atoms with Gasteiger partial charge in [-0.25, -0.2) is 8.78 Å². The summed E-state index contributed by atoms with van der Waals surface area (Å²) < 4.78 is 26.5. The van der Waals surface area contributed by atoms with E-state index in [2.05, 4.69) is 0 Å². The zero-order valence-electron chi connectivity index (χ0n) is 17.3. The minimum Gasteiger partial charge on any atom is -0.341 e.